The second-order valence-electron chi connectivity index (χ2n) is 6.80. The molecule has 0 saturated carbocycles. The Balaban J connectivity index is 2.14. The molecule has 0 fully saturated rings. The lowest BCUT2D eigenvalue weighted by atomic mass is 10.1. The van der Waals surface area contributed by atoms with Crippen LogP contribution in [0.25, 0.3) is 0 Å². The Morgan fingerprint density at radius 1 is 1.11 bits per heavy atom. The van der Waals surface area contributed by atoms with Gasteiger partial charge in [-0.2, -0.15) is 0 Å². The molecule has 1 unspecified atom stereocenters. The van der Waals surface area contributed by atoms with Crippen molar-refractivity contribution in [2.75, 3.05) is 17.2 Å². The fourth-order valence-corrected chi connectivity index (χ4v) is 4.05. The van der Waals surface area contributed by atoms with Gasteiger partial charge in [-0.3, -0.25) is 9.10 Å². The lowest BCUT2D eigenvalue weighted by molar-refractivity contribution is -0.122. The number of hydrogen-bond donors (Lipinski definition) is 1. The number of carbonyl (C=O) groups is 1. The van der Waals surface area contributed by atoms with Crippen molar-refractivity contribution >= 4 is 21.6 Å². The number of anilines is 1. The minimum atomic E-state index is -3.63. The van der Waals surface area contributed by atoms with Crippen molar-refractivity contribution in [1.29, 1.82) is 0 Å². The Morgan fingerprint density at radius 3 is 2.29 bits per heavy atom. The zero-order valence-electron chi connectivity index (χ0n) is 17.0. The number of nitrogens with zero attached hydrogens (tertiary/aromatic N) is 1. The monoisotopic (exact) mass is 404 g/mol. The summed E-state index contributed by atoms with van der Waals surface area (Å²) in [6.07, 6.45) is 1.11. The van der Waals surface area contributed by atoms with Crippen LogP contribution in [0.5, 0.6) is 5.75 Å². The molecule has 28 heavy (non-hydrogen) atoms. The molecular formula is C21H28N2O4S. The second-order valence-corrected chi connectivity index (χ2v) is 8.66. The van der Waals surface area contributed by atoms with E-state index in [1.165, 1.54) is 0 Å². The van der Waals surface area contributed by atoms with Crippen LogP contribution in [0, 0.1) is 13.8 Å². The second kappa shape index (κ2) is 9.10. The van der Waals surface area contributed by atoms with Crippen LogP contribution in [0.15, 0.2) is 42.5 Å². The van der Waals surface area contributed by atoms with E-state index in [2.05, 4.69) is 5.32 Å². The van der Waals surface area contributed by atoms with Crippen LogP contribution >= 0.6 is 0 Å². The Bertz CT molecular complexity index is 924. The fraction of sp³-hybridized carbons (Fsp3) is 0.381. The minimum absolute atomic E-state index is 0.306. The van der Waals surface area contributed by atoms with E-state index in [0.717, 1.165) is 33.0 Å². The third-order valence-corrected chi connectivity index (χ3v) is 5.78. The molecule has 2 aromatic rings. The number of hydrogen-bond acceptors (Lipinski definition) is 4. The van der Waals surface area contributed by atoms with E-state index in [-0.39, 0.29) is 5.91 Å². The smallest absolute Gasteiger partial charge is 0.243 e. The van der Waals surface area contributed by atoms with Gasteiger partial charge in [0.1, 0.15) is 11.8 Å². The van der Waals surface area contributed by atoms with Gasteiger partial charge < -0.3 is 10.1 Å². The number of benzene rings is 2. The summed E-state index contributed by atoms with van der Waals surface area (Å²) in [5, 5.41) is 2.81. The summed E-state index contributed by atoms with van der Waals surface area (Å²) in [7, 11) is -3.63. The summed E-state index contributed by atoms with van der Waals surface area (Å²) >= 11 is 0. The predicted molar refractivity (Wildman–Crippen MR) is 112 cm³/mol. The standard InChI is InChI=1S/C21H28N2O4S/c1-6-27-20-11-8-18(9-12-20)14-22-21(24)17(4)23(28(5,25)26)19-10-7-15(2)16(3)13-19/h7-13,17H,6,14H2,1-5H3,(H,22,24). The molecule has 0 spiro atoms. The molecule has 0 saturated heterocycles. The molecular weight excluding hydrogens is 376 g/mol. The SMILES string of the molecule is CCOc1ccc(CNC(=O)C(C)N(c2ccc(C)c(C)c2)S(C)(=O)=O)cc1. The van der Waals surface area contributed by atoms with Crippen molar-refractivity contribution in [3.05, 3.63) is 59.2 Å². The fourth-order valence-electron chi connectivity index (χ4n) is 2.88. The van der Waals surface area contributed by atoms with Crippen molar-refractivity contribution in [3.63, 3.8) is 0 Å². The average Bonchev–Trinajstić information content (AvgIpc) is 2.63. The highest BCUT2D eigenvalue weighted by Crippen LogP contribution is 2.24. The van der Waals surface area contributed by atoms with Gasteiger partial charge in [0.05, 0.1) is 18.6 Å². The first-order valence-corrected chi connectivity index (χ1v) is 11.0. The highest BCUT2D eigenvalue weighted by Gasteiger charge is 2.29. The van der Waals surface area contributed by atoms with Crippen LogP contribution in [0.3, 0.4) is 0 Å². The number of sulfonamides is 1. The molecule has 1 amide bonds. The largest absolute Gasteiger partial charge is 0.494 e. The minimum Gasteiger partial charge on any atom is -0.494 e. The van der Waals surface area contributed by atoms with E-state index >= 15 is 0 Å². The molecule has 0 aliphatic heterocycles. The molecule has 0 aliphatic rings. The highest BCUT2D eigenvalue weighted by atomic mass is 32.2. The number of aryl methyl sites for hydroxylation is 2. The summed E-state index contributed by atoms with van der Waals surface area (Å²) in [5.41, 5.74) is 3.41. The number of amides is 1. The lowest BCUT2D eigenvalue weighted by Gasteiger charge is -2.28. The zero-order chi connectivity index (χ0) is 20.9. The number of carbonyl (C=O) groups excluding carboxylic acids is 1. The maximum absolute atomic E-state index is 12.7. The molecule has 1 atom stereocenters. The molecule has 2 aromatic carbocycles. The van der Waals surface area contributed by atoms with Crippen LogP contribution < -0.4 is 14.4 Å². The van der Waals surface area contributed by atoms with Gasteiger partial charge in [-0.15, -0.1) is 0 Å². The van der Waals surface area contributed by atoms with Gasteiger partial charge >= 0.3 is 0 Å². The zero-order valence-corrected chi connectivity index (χ0v) is 17.8. The molecule has 152 valence electrons. The Hall–Kier alpha value is -2.54. The molecule has 1 N–H and O–H groups in total. The third kappa shape index (κ3) is 5.48. The maximum atomic E-state index is 12.7. The number of nitrogens with one attached hydrogen (secondary N) is 1. The van der Waals surface area contributed by atoms with Crippen molar-refractivity contribution in [3.8, 4) is 5.75 Å². The molecule has 0 aromatic heterocycles. The lowest BCUT2D eigenvalue weighted by Crippen LogP contribution is -2.47. The van der Waals surface area contributed by atoms with Gasteiger partial charge in [0.15, 0.2) is 0 Å². The van der Waals surface area contributed by atoms with Gasteiger partial charge in [-0.1, -0.05) is 18.2 Å². The van der Waals surface area contributed by atoms with Crippen LogP contribution in [-0.4, -0.2) is 33.2 Å². The van der Waals surface area contributed by atoms with Crippen molar-refractivity contribution in [2.45, 2.75) is 40.3 Å². The summed E-state index contributed by atoms with van der Waals surface area (Å²) in [4.78, 5) is 12.7. The number of rotatable bonds is 8. The van der Waals surface area contributed by atoms with E-state index in [1.807, 2.05) is 51.1 Å². The van der Waals surface area contributed by atoms with E-state index in [4.69, 9.17) is 4.74 Å². The Labute approximate surface area is 167 Å². The Kier molecular flexibility index (Phi) is 7.07. The van der Waals surface area contributed by atoms with E-state index < -0.39 is 16.1 Å². The molecule has 7 heteroatoms. The summed E-state index contributed by atoms with van der Waals surface area (Å²) in [5.74, 6) is 0.404. The molecule has 0 bridgehead atoms. The first-order valence-electron chi connectivity index (χ1n) is 9.19. The summed E-state index contributed by atoms with van der Waals surface area (Å²) in [6.45, 7) is 8.27. The molecule has 2 rings (SSSR count). The Morgan fingerprint density at radius 2 is 1.75 bits per heavy atom. The van der Waals surface area contributed by atoms with Crippen molar-refractivity contribution in [1.82, 2.24) is 5.32 Å². The quantitative estimate of drug-likeness (QED) is 0.733. The van der Waals surface area contributed by atoms with Gasteiger partial charge in [-0.25, -0.2) is 8.42 Å². The number of ether oxygens (including phenoxy) is 1. The van der Waals surface area contributed by atoms with Gasteiger partial charge in [0.25, 0.3) is 0 Å². The first kappa shape index (κ1) is 21.8. The van der Waals surface area contributed by atoms with Crippen LogP contribution in [0.2, 0.25) is 0 Å². The topological polar surface area (TPSA) is 75.7 Å². The summed E-state index contributed by atoms with van der Waals surface area (Å²) in [6, 6.07) is 11.9. The van der Waals surface area contributed by atoms with E-state index in [0.29, 0.717) is 18.8 Å². The molecule has 0 heterocycles. The van der Waals surface area contributed by atoms with Gasteiger partial charge in [0, 0.05) is 6.54 Å². The van der Waals surface area contributed by atoms with Crippen LogP contribution in [0.4, 0.5) is 5.69 Å². The molecule has 6 nitrogen and oxygen atoms in total. The van der Waals surface area contributed by atoms with Gasteiger partial charge in [-0.05, 0) is 68.7 Å². The summed E-state index contributed by atoms with van der Waals surface area (Å²) < 4.78 is 31.3. The highest BCUT2D eigenvalue weighted by molar-refractivity contribution is 7.92. The molecule has 0 radical (unpaired) electrons. The van der Waals surface area contributed by atoms with Crippen LogP contribution in [0.1, 0.15) is 30.5 Å². The van der Waals surface area contributed by atoms with Crippen LogP contribution in [-0.2, 0) is 21.4 Å². The van der Waals surface area contributed by atoms with Gasteiger partial charge in [0.2, 0.25) is 15.9 Å². The van der Waals surface area contributed by atoms with Crippen molar-refractivity contribution in [2.24, 2.45) is 0 Å². The van der Waals surface area contributed by atoms with Crippen molar-refractivity contribution < 1.29 is 17.9 Å². The average molecular weight is 405 g/mol. The van der Waals surface area contributed by atoms with E-state index in [1.54, 1.807) is 19.1 Å². The normalized spacial score (nSPS) is 12.3. The maximum Gasteiger partial charge on any atom is 0.243 e. The predicted octanol–water partition coefficient (Wildman–Crippen LogP) is 3.17. The van der Waals surface area contributed by atoms with E-state index in [9.17, 15) is 13.2 Å². The molecule has 0 aliphatic carbocycles. The first-order chi connectivity index (χ1) is 13.1. The third-order valence-electron chi connectivity index (χ3n) is 4.53.